The lowest BCUT2D eigenvalue weighted by atomic mass is 10.1. The Hall–Kier alpha value is -0.940. The molecule has 1 aliphatic heterocycles. The Morgan fingerprint density at radius 1 is 1.53 bits per heavy atom. The summed E-state index contributed by atoms with van der Waals surface area (Å²) in [6.07, 6.45) is 4.43. The van der Waals surface area contributed by atoms with E-state index in [1.165, 1.54) is 6.42 Å². The first kappa shape index (κ1) is 10.6. The minimum absolute atomic E-state index is 0.186. The van der Waals surface area contributed by atoms with Gasteiger partial charge >= 0.3 is 0 Å². The molecular weight excluding hydrogens is 194 g/mol. The zero-order chi connectivity index (χ0) is 10.7. The van der Waals surface area contributed by atoms with Crippen LogP contribution in [0, 0.1) is 0 Å². The predicted octanol–water partition coefficient (Wildman–Crippen LogP) is 1.20. The first-order valence-electron chi connectivity index (χ1n) is 5.45. The highest BCUT2D eigenvalue weighted by Gasteiger charge is 2.17. The average molecular weight is 211 g/mol. The second kappa shape index (κ2) is 4.72. The van der Waals surface area contributed by atoms with E-state index < -0.39 is 0 Å². The molecule has 0 saturated carbocycles. The monoisotopic (exact) mass is 211 g/mol. The molecule has 5 nitrogen and oxygen atoms in total. The summed E-state index contributed by atoms with van der Waals surface area (Å²) in [5.74, 6) is 1.18. The first-order chi connectivity index (χ1) is 7.25. The Kier molecular flexibility index (Phi) is 3.33. The van der Waals surface area contributed by atoms with Crippen molar-refractivity contribution in [3.63, 3.8) is 0 Å². The zero-order valence-electron chi connectivity index (χ0n) is 8.98. The lowest BCUT2D eigenvalue weighted by molar-refractivity contribution is 0.103. The highest BCUT2D eigenvalue weighted by Crippen LogP contribution is 2.17. The first-order valence-corrected chi connectivity index (χ1v) is 5.45. The van der Waals surface area contributed by atoms with Gasteiger partial charge in [0.05, 0.1) is 12.1 Å². The molecule has 0 spiro atoms. The standard InChI is InChI=1S/C10H17N3O2/c1-7(11)10-13-12-9(15-10)5-4-8-3-2-6-14-8/h7-8H,2-6,11H2,1H3. The van der Waals surface area contributed by atoms with Crippen LogP contribution in [0.4, 0.5) is 0 Å². The zero-order valence-corrected chi connectivity index (χ0v) is 8.98. The van der Waals surface area contributed by atoms with Crippen LogP contribution in [0.3, 0.4) is 0 Å². The van der Waals surface area contributed by atoms with Crippen molar-refractivity contribution in [3.8, 4) is 0 Å². The quantitative estimate of drug-likeness (QED) is 0.810. The third-order valence-electron chi connectivity index (χ3n) is 2.58. The number of ether oxygens (including phenoxy) is 1. The maximum absolute atomic E-state index is 5.62. The van der Waals surface area contributed by atoms with Crippen LogP contribution in [0.25, 0.3) is 0 Å². The fourth-order valence-electron chi connectivity index (χ4n) is 1.71. The summed E-state index contributed by atoms with van der Waals surface area (Å²) in [6.45, 7) is 2.72. The second-order valence-electron chi connectivity index (χ2n) is 4.00. The summed E-state index contributed by atoms with van der Waals surface area (Å²) in [5.41, 5.74) is 5.62. The van der Waals surface area contributed by atoms with E-state index >= 15 is 0 Å². The lowest BCUT2D eigenvalue weighted by Crippen LogP contribution is -2.06. The molecule has 15 heavy (non-hydrogen) atoms. The maximum Gasteiger partial charge on any atom is 0.232 e. The van der Waals surface area contributed by atoms with E-state index in [0.29, 0.717) is 17.9 Å². The fourth-order valence-corrected chi connectivity index (χ4v) is 1.71. The Morgan fingerprint density at radius 3 is 3.00 bits per heavy atom. The molecule has 0 aromatic carbocycles. The molecule has 1 fully saturated rings. The highest BCUT2D eigenvalue weighted by atomic mass is 16.5. The molecule has 2 unspecified atom stereocenters. The van der Waals surface area contributed by atoms with Crippen LogP contribution in [0.5, 0.6) is 0 Å². The number of rotatable bonds is 4. The van der Waals surface area contributed by atoms with E-state index in [0.717, 1.165) is 25.9 Å². The van der Waals surface area contributed by atoms with Gasteiger partial charge in [0.15, 0.2) is 0 Å². The van der Waals surface area contributed by atoms with Crippen LogP contribution in [-0.4, -0.2) is 22.9 Å². The maximum atomic E-state index is 5.62. The third kappa shape index (κ3) is 2.76. The minimum Gasteiger partial charge on any atom is -0.424 e. The van der Waals surface area contributed by atoms with E-state index in [2.05, 4.69) is 10.2 Å². The number of hydrogen-bond donors (Lipinski definition) is 1. The topological polar surface area (TPSA) is 74.2 Å². The van der Waals surface area contributed by atoms with E-state index in [9.17, 15) is 0 Å². The van der Waals surface area contributed by atoms with Crippen LogP contribution in [-0.2, 0) is 11.2 Å². The summed E-state index contributed by atoms with van der Waals surface area (Å²) >= 11 is 0. The van der Waals surface area contributed by atoms with Crippen molar-refractivity contribution in [2.24, 2.45) is 5.73 Å². The number of nitrogens with zero attached hydrogens (tertiary/aromatic N) is 2. The molecule has 1 aliphatic rings. The molecule has 2 atom stereocenters. The predicted molar refractivity (Wildman–Crippen MR) is 54.2 cm³/mol. The van der Waals surface area contributed by atoms with Gasteiger partial charge in [-0.2, -0.15) is 0 Å². The highest BCUT2D eigenvalue weighted by molar-refractivity contribution is 4.87. The van der Waals surface area contributed by atoms with Gasteiger partial charge in [0, 0.05) is 13.0 Å². The van der Waals surface area contributed by atoms with Crippen molar-refractivity contribution in [2.45, 2.75) is 44.8 Å². The van der Waals surface area contributed by atoms with Crippen molar-refractivity contribution in [1.29, 1.82) is 0 Å². The van der Waals surface area contributed by atoms with Crippen LogP contribution in [0.15, 0.2) is 4.42 Å². The van der Waals surface area contributed by atoms with Crippen molar-refractivity contribution >= 4 is 0 Å². The van der Waals surface area contributed by atoms with Gasteiger partial charge in [-0.15, -0.1) is 10.2 Å². The summed E-state index contributed by atoms with van der Waals surface area (Å²) in [5, 5.41) is 7.82. The van der Waals surface area contributed by atoms with Crippen LogP contribution in [0.1, 0.15) is 44.0 Å². The van der Waals surface area contributed by atoms with Crippen LogP contribution in [0.2, 0.25) is 0 Å². The molecule has 1 saturated heterocycles. The SMILES string of the molecule is CC(N)c1nnc(CCC2CCCO2)o1. The van der Waals surface area contributed by atoms with Gasteiger partial charge in [-0.25, -0.2) is 0 Å². The van der Waals surface area contributed by atoms with Crippen molar-refractivity contribution in [1.82, 2.24) is 10.2 Å². The molecular formula is C10H17N3O2. The van der Waals surface area contributed by atoms with Gasteiger partial charge in [0.25, 0.3) is 0 Å². The lowest BCUT2D eigenvalue weighted by Gasteiger charge is -2.05. The summed E-state index contributed by atoms with van der Waals surface area (Å²) < 4.78 is 10.9. The van der Waals surface area contributed by atoms with Gasteiger partial charge in [-0.1, -0.05) is 0 Å². The number of nitrogens with two attached hydrogens (primary N) is 1. The molecule has 0 radical (unpaired) electrons. The van der Waals surface area contributed by atoms with E-state index in [-0.39, 0.29) is 6.04 Å². The van der Waals surface area contributed by atoms with Gasteiger partial charge in [-0.3, -0.25) is 0 Å². The molecule has 2 rings (SSSR count). The van der Waals surface area contributed by atoms with Crippen LogP contribution >= 0.6 is 0 Å². The number of aryl methyl sites for hydroxylation is 1. The molecule has 0 amide bonds. The van der Waals surface area contributed by atoms with Gasteiger partial charge in [0.1, 0.15) is 0 Å². The average Bonchev–Trinajstić information content (AvgIpc) is 2.86. The Labute approximate surface area is 89.0 Å². The van der Waals surface area contributed by atoms with E-state index in [1.807, 2.05) is 6.92 Å². The number of hydrogen-bond acceptors (Lipinski definition) is 5. The minimum atomic E-state index is -0.186. The molecule has 2 N–H and O–H groups in total. The Morgan fingerprint density at radius 2 is 2.40 bits per heavy atom. The fraction of sp³-hybridized carbons (Fsp3) is 0.800. The molecule has 2 heterocycles. The summed E-state index contributed by atoms with van der Waals surface area (Å²) in [4.78, 5) is 0. The summed E-state index contributed by atoms with van der Waals surface area (Å²) in [7, 11) is 0. The summed E-state index contributed by atoms with van der Waals surface area (Å²) in [6, 6.07) is -0.186. The van der Waals surface area contributed by atoms with E-state index in [4.69, 9.17) is 14.9 Å². The largest absolute Gasteiger partial charge is 0.424 e. The molecule has 84 valence electrons. The molecule has 1 aromatic heterocycles. The van der Waals surface area contributed by atoms with E-state index in [1.54, 1.807) is 0 Å². The van der Waals surface area contributed by atoms with Gasteiger partial charge < -0.3 is 14.9 Å². The van der Waals surface area contributed by atoms with Crippen molar-refractivity contribution in [2.75, 3.05) is 6.61 Å². The molecule has 5 heteroatoms. The van der Waals surface area contributed by atoms with Gasteiger partial charge in [0.2, 0.25) is 11.8 Å². The van der Waals surface area contributed by atoms with Crippen LogP contribution < -0.4 is 5.73 Å². The Bertz CT molecular complexity index is 305. The van der Waals surface area contributed by atoms with Gasteiger partial charge in [-0.05, 0) is 26.2 Å². The smallest absolute Gasteiger partial charge is 0.232 e. The third-order valence-corrected chi connectivity index (χ3v) is 2.58. The van der Waals surface area contributed by atoms with Crippen molar-refractivity contribution in [3.05, 3.63) is 11.8 Å². The normalized spacial score (nSPS) is 23.2. The molecule has 0 bridgehead atoms. The van der Waals surface area contributed by atoms with Crippen molar-refractivity contribution < 1.29 is 9.15 Å². The molecule has 0 aliphatic carbocycles. The molecule has 1 aromatic rings. The number of aromatic nitrogens is 2. The Balaban J connectivity index is 1.82. The second-order valence-corrected chi connectivity index (χ2v) is 4.00.